The Morgan fingerprint density at radius 3 is 2.75 bits per heavy atom. The van der Waals surface area contributed by atoms with E-state index in [1.165, 1.54) is 0 Å². The first-order valence-electron chi connectivity index (χ1n) is 5.20. The quantitative estimate of drug-likeness (QED) is 0.766. The molecule has 16 heavy (non-hydrogen) atoms. The summed E-state index contributed by atoms with van der Waals surface area (Å²) >= 11 is 5.89. The van der Waals surface area contributed by atoms with Gasteiger partial charge in [-0.15, -0.1) is 11.6 Å². The first-order chi connectivity index (χ1) is 7.72. The Hall–Kier alpha value is -1.35. The molecule has 0 atom stereocenters. The lowest BCUT2D eigenvalue weighted by Gasteiger charge is -2.04. The number of rotatable bonds is 3. The molecule has 0 aliphatic heterocycles. The van der Waals surface area contributed by atoms with E-state index in [1.807, 2.05) is 36.9 Å². The highest BCUT2D eigenvalue weighted by Gasteiger charge is 2.10. The van der Waals surface area contributed by atoms with Crippen molar-refractivity contribution in [3.63, 3.8) is 0 Å². The zero-order valence-electron chi connectivity index (χ0n) is 9.44. The fourth-order valence-corrected chi connectivity index (χ4v) is 2.13. The number of hydrogen-bond acceptors (Lipinski definition) is 2. The number of nitrogens with zero attached hydrogens (tertiary/aromatic N) is 3. The SMILES string of the molecule is Cc1nn(Cc2cccnc2)c(C)c1CCl. The Kier molecular flexibility index (Phi) is 3.25. The van der Waals surface area contributed by atoms with Crippen LogP contribution < -0.4 is 0 Å². The molecule has 3 nitrogen and oxygen atoms in total. The van der Waals surface area contributed by atoms with E-state index in [0.717, 1.165) is 29.1 Å². The Bertz CT molecular complexity index is 477. The minimum atomic E-state index is 0.519. The number of aromatic nitrogens is 3. The average molecular weight is 236 g/mol. The van der Waals surface area contributed by atoms with Crippen LogP contribution in [0.25, 0.3) is 0 Å². The molecule has 0 spiro atoms. The second-order valence-electron chi connectivity index (χ2n) is 3.80. The van der Waals surface area contributed by atoms with E-state index >= 15 is 0 Å². The first-order valence-corrected chi connectivity index (χ1v) is 5.73. The molecule has 0 saturated heterocycles. The van der Waals surface area contributed by atoms with Crippen molar-refractivity contribution in [3.8, 4) is 0 Å². The van der Waals surface area contributed by atoms with Gasteiger partial charge in [0.2, 0.25) is 0 Å². The second kappa shape index (κ2) is 4.66. The third kappa shape index (κ3) is 2.09. The third-order valence-electron chi connectivity index (χ3n) is 2.72. The van der Waals surface area contributed by atoms with Crippen LogP contribution in [0.4, 0.5) is 0 Å². The summed E-state index contributed by atoms with van der Waals surface area (Å²) in [4.78, 5) is 4.09. The van der Waals surface area contributed by atoms with Gasteiger partial charge < -0.3 is 0 Å². The van der Waals surface area contributed by atoms with Crippen molar-refractivity contribution in [1.82, 2.24) is 14.8 Å². The van der Waals surface area contributed by atoms with Crippen LogP contribution in [0, 0.1) is 13.8 Å². The van der Waals surface area contributed by atoms with Gasteiger partial charge in [-0.3, -0.25) is 9.67 Å². The highest BCUT2D eigenvalue weighted by atomic mass is 35.5. The molecule has 2 rings (SSSR count). The number of halogens is 1. The van der Waals surface area contributed by atoms with Crippen molar-refractivity contribution in [2.24, 2.45) is 0 Å². The molecular formula is C12H14ClN3. The zero-order valence-corrected chi connectivity index (χ0v) is 10.2. The van der Waals surface area contributed by atoms with Crippen LogP contribution in [0.15, 0.2) is 24.5 Å². The van der Waals surface area contributed by atoms with E-state index in [9.17, 15) is 0 Å². The van der Waals surface area contributed by atoms with Crippen molar-refractivity contribution in [2.45, 2.75) is 26.3 Å². The lowest BCUT2D eigenvalue weighted by atomic mass is 10.2. The summed E-state index contributed by atoms with van der Waals surface area (Å²) in [6.07, 6.45) is 3.63. The van der Waals surface area contributed by atoms with E-state index < -0.39 is 0 Å². The van der Waals surface area contributed by atoms with Crippen molar-refractivity contribution in [1.29, 1.82) is 0 Å². The van der Waals surface area contributed by atoms with Gasteiger partial charge in [0.15, 0.2) is 0 Å². The smallest absolute Gasteiger partial charge is 0.0677 e. The number of pyridine rings is 1. The molecule has 0 aliphatic carbocycles. The summed E-state index contributed by atoms with van der Waals surface area (Å²) in [5.74, 6) is 0.519. The largest absolute Gasteiger partial charge is 0.265 e. The van der Waals surface area contributed by atoms with Gasteiger partial charge in [-0.25, -0.2) is 0 Å². The third-order valence-corrected chi connectivity index (χ3v) is 2.99. The van der Waals surface area contributed by atoms with E-state index in [4.69, 9.17) is 11.6 Å². The molecule has 0 radical (unpaired) electrons. The minimum Gasteiger partial charge on any atom is -0.265 e. The van der Waals surface area contributed by atoms with Crippen LogP contribution >= 0.6 is 11.6 Å². The van der Waals surface area contributed by atoms with Crippen LogP contribution in [0.5, 0.6) is 0 Å². The lowest BCUT2D eigenvalue weighted by molar-refractivity contribution is 0.657. The second-order valence-corrected chi connectivity index (χ2v) is 4.07. The highest BCUT2D eigenvalue weighted by Crippen LogP contribution is 2.16. The summed E-state index contributed by atoms with van der Waals surface area (Å²) in [6.45, 7) is 4.79. The molecule has 0 N–H and O–H groups in total. The average Bonchev–Trinajstić information content (AvgIpc) is 2.55. The summed E-state index contributed by atoms with van der Waals surface area (Å²) < 4.78 is 1.98. The van der Waals surface area contributed by atoms with Gasteiger partial charge in [-0.05, 0) is 25.5 Å². The van der Waals surface area contributed by atoms with Gasteiger partial charge in [0, 0.05) is 23.7 Å². The van der Waals surface area contributed by atoms with E-state index in [1.54, 1.807) is 6.20 Å². The maximum atomic E-state index is 5.89. The fourth-order valence-electron chi connectivity index (χ4n) is 1.75. The Balaban J connectivity index is 2.29. The summed E-state index contributed by atoms with van der Waals surface area (Å²) in [5, 5.41) is 4.48. The van der Waals surface area contributed by atoms with Gasteiger partial charge in [-0.2, -0.15) is 5.10 Å². The molecule has 4 heteroatoms. The van der Waals surface area contributed by atoms with Crippen LogP contribution in [-0.2, 0) is 12.4 Å². The van der Waals surface area contributed by atoms with Gasteiger partial charge in [0.1, 0.15) is 0 Å². The molecule has 84 valence electrons. The number of alkyl halides is 1. The zero-order chi connectivity index (χ0) is 11.5. The molecule has 0 amide bonds. The van der Waals surface area contributed by atoms with Crippen LogP contribution in [0.1, 0.15) is 22.5 Å². The molecule has 2 aromatic rings. The lowest BCUT2D eigenvalue weighted by Crippen LogP contribution is -2.04. The first kappa shape index (κ1) is 11.1. The molecule has 0 fully saturated rings. The van der Waals surface area contributed by atoms with Gasteiger partial charge >= 0.3 is 0 Å². The summed E-state index contributed by atoms with van der Waals surface area (Å²) in [7, 11) is 0. The summed E-state index contributed by atoms with van der Waals surface area (Å²) in [5.41, 5.74) is 4.42. The predicted octanol–water partition coefficient (Wildman–Crippen LogP) is 2.68. The molecule has 0 saturated carbocycles. The maximum absolute atomic E-state index is 5.89. The molecule has 2 aromatic heterocycles. The Labute approximate surface area is 100 Å². The fraction of sp³-hybridized carbons (Fsp3) is 0.333. The molecule has 0 aromatic carbocycles. The maximum Gasteiger partial charge on any atom is 0.0677 e. The Morgan fingerprint density at radius 1 is 1.38 bits per heavy atom. The van der Waals surface area contributed by atoms with Gasteiger partial charge in [0.25, 0.3) is 0 Å². The van der Waals surface area contributed by atoms with E-state index in [0.29, 0.717) is 5.88 Å². The minimum absolute atomic E-state index is 0.519. The predicted molar refractivity (Wildman–Crippen MR) is 64.6 cm³/mol. The van der Waals surface area contributed by atoms with Crippen LogP contribution in [0.3, 0.4) is 0 Å². The molecule has 0 bridgehead atoms. The summed E-state index contributed by atoms with van der Waals surface area (Å²) in [6, 6.07) is 3.98. The standard InChI is InChI=1S/C12H14ClN3/c1-9-12(6-13)10(2)16(15-9)8-11-4-3-5-14-7-11/h3-5,7H,6,8H2,1-2H3. The van der Waals surface area contributed by atoms with E-state index in [-0.39, 0.29) is 0 Å². The number of hydrogen-bond donors (Lipinski definition) is 0. The van der Waals surface area contributed by atoms with Crippen molar-refractivity contribution >= 4 is 11.6 Å². The molecule has 2 heterocycles. The molecule has 0 aliphatic rings. The Morgan fingerprint density at radius 2 is 2.19 bits per heavy atom. The van der Waals surface area contributed by atoms with Crippen molar-refractivity contribution in [3.05, 3.63) is 47.0 Å². The number of aryl methyl sites for hydroxylation is 1. The van der Waals surface area contributed by atoms with E-state index in [2.05, 4.69) is 10.1 Å². The normalized spacial score (nSPS) is 10.7. The highest BCUT2D eigenvalue weighted by molar-refractivity contribution is 6.17. The molecule has 0 unspecified atom stereocenters. The van der Waals surface area contributed by atoms with Crippen LogP contribution in [-0.4, -0.2) is 14.8 Å². The van der Waals surface area contributed by atoms with Gasteiger partial charge in [-0.1, -0.05) is 6.07 Å². The monoisotopic (exact) mass is 235 g/mol. The van der Waals surface area contributed by atoms with Crippen molar-refractivity contribution in [2.75, 3.05) is 0 Å². The topological polar surface area (TPSA) is 30.7 Å². The van der Waals surface area contributed by atoms with Gasteiger partial charge in [0.05, 0.1) is 18.1 Å². The van der Waals surface area contributed by atoms with Crippen LogP contribution in [0.2, 0.25) is 0 Å². The molecular weight excluding hydrogens is 222 g/mol. The van der Waals surface area contributed by atoms with Crippen molar-refractivity contribution < 1.29 is 0 Å².